The standard InChI is InChI=1S/C12H26N2/c1-10(2)12-9-13(5)7-6-8-14(12)11(3)4/h10-12H,6-9H2,1-5H3. The monoisotopic (exact) mass is 198 g/mol. The van der Waals surface area contributed by atoms with Crippen LogP contribution in [0.25, 0.3) is 0 Å². The van der Waals surface area contributed by atoms with Crippen molar-refractivity contribution in [2.24, 2.45) is 5.92 Å². The van der Waals surface area contributed by atoms with Crippen molar-refractivity contribution in [2.45, 2.75) is 46.2 Å². The Bertz CT molecular complexity index is 166. The molecule has 0 amide bonds. The third-order valence-electron chi connectivity index (χ3n) is 3.31. The maximum atomic E-state index is 2.67. The first-order chi connectivity index (χ1) is 6.52. The van der Waals surface area contributed by atoms with Crippen LogP contribution in [0.1, 0.15) is 34.1 Å². The highest BCUT2D eigenvalue weighted by Crippen LogP contribution is 2.18. The third-order valence-corrected chi connectivity index (χ3v) is 3.31. The molecule has 1 atom stereocenters. The second-order valence-corrected chi connectivity index (χ2v) is 5.26. The van der Waals surface area contributed by atoms with Gasteiger partial charge in [-0.25, -0.2) is 0 Å². The van der Waals surface area contributed by atoms with Gasteiger partial charge in [0.25, 0.3) is 0 Å². The molecular weight excluding hydrogens is 172 g/mol. The van der Waals surface area contributed by atoms with E-state index in [0.29, 0.717) is 6.04 Å². The second-order valence-electron chi connectivity index (χ2n) is 5.26. The minimum Gasteiger partial charge on any atom is -0.305 e. The second kappa shape index (κ2) is 5.13. The highest BCUT2D eigenvalue weighted by Gasteiger charge is 2.27. The average Bonchev–Trinajstić information content (AvgIpc) is 2.26. The van der Waals surface area contributed by atoms with Crippen molar-refractivity contribution < 1.29 is 0 Å². The van der Waals surface area contributed by atoms with E-state index in [1.807, 2.05) is 0 Å². The van der Waals surface area contributed by atoms with Crippen LogP contribution in [0.5, 0.6) is 0 Å². The summed E-state index contributed by atoms with van der Waals surface area (Å²) in [6, 6.07) is 1.43. The van der Waals surface area contributed by atoms with Crippen LogP contribution in [0.3, 0.4) is 0 Å². The third kappa shape index (κ3) is 2.96. The van der Waals surface area contributed by atoms with Crippen LogP contribution in [-0.4, -0.2) is 48.6 Å². The van der Waals surface area contributed by atoms with Crippen LogP contribution in [0.15, 0.2) is 0 Å². The smallest absolute Gasteiger partial charge is 0.0248 e. The molecule has 0 aliphatic carbocycles. The van der Waals surface area contributed by atoms with E-state index < -0.39 is 0 Å². The van der Waals surface area contributed by atoms with Crippen molar-refractivity contribution in [1.82, 2.24) is 9.80 Å². The minimum atomic E-state index is 0.689. The van der Waals surface area contributed by atoms with Gasteiger partial charge in [-0.05, 0) is 46.3 Å². The van der Waals surface area contributed by atoms with Crippen molar-refractivity contribution in [1.29, 1.82) is 0 Å². The van der Waals surface area contributed by atoms with Gasteiger partial charge in [0.1, 0.15) is 0 Å². The lowest BCUT2D eigenvalue weighted by Gasteiger charge is -2.36. The van der Waals surface area contributed by atoms with E-state index >= 15 is 0 Å². The molecule has 1 fully saturated rings. The highest BCUT2D eigenvalue weighted by molar-refractivity contribution is 4.82. The van der Waals surface area contributed by atoms with Crippen LogP contribution in [-0.2, 0) is 0 Å². The zero-order chi connectivity index (χ0) is 10.7. The lowest BCUT2D eigenvalue weighted by atomic mass is 10.0. The first kappa shape index (κ1) is 12.0. The Morgan fingerprint density at radius 1 is 1.07 bits per heavy atom. The van der Waals surface area contributed by atoms with Crippen LogP contribution >= 0.6 is 0 Å². The van der Waals surface area contributed by atoms with Crippen LogP contribution in [0.2, 0.25) is 0 Å². The molecule has 2 nitrogen and oxygen atoms in total. The van der Waals surface area contributed by atoms with E-state index in [1.165, 1.54) is 26.1 Å². The summed E-state index contributed by atoms with van der Waals surface area (Å²) in [7, 11) is 2.25. The van der Waals surface area contributed by atoms with E-state index in [0.717, 1.165) is 12.0 Å². The summed E-state index contributed by atoms with van der Waals surface area (Å²) in [6.45, 7) is 13.1. The summed E-state index contributed by atoms with van der Waals surface area (Å²) in [4.78, 5) is 5.15. The predicted molar refractivity (Wildman–Crippen MR) is 62.6 cm³/mol. The molecule has 14 heavy (non-hydrogen) atoms. The minimum absolute atomic E-state index is 0.689. The number of rotatable bonds is 2. The van der Waals surface area contributed by atoms with Crippen LogP contribution < -0.4 is 0 Å². The molecule has 0 bridgehead atoms. The molecule has 1 aliphatic rings. The Morgan fingerprint density at radius 3 is 2.21 bits per heavy atom. The fourth-order valence-corrected chi connectivity index (χ4v) is 2.44. The first-order valence-corrected chi connectivity index (χ1v) is 5.96. The summed E-state index contributed by atoms with van der Waals surface area (Å²) in [5.74, 6) is 0.762. The molecule has 2 heteroatoms. The molecule has 0 N–H and O–H groups in total. The number of hydrogen-bond donors (Lipinski definition) is 0. The SMILES string of the molecule is CC(C)C1CN(C)CCCN1C(C)C. The molecule has 0 spiro atoms. The fraction of sp³-hybridized carbons (Fsp3) is 1.00. The molecule has 1 unspecified atom stereocenters. The van der Waals surface area contributed by atoms with Gasteiger partial charge in [0, 0.05) is 18.6 Å². The van der Waals surface area contributed by atoms with Crippen LogP contribution in [0.4, 0.5) is 0 Å². The Labute approximate surface area is 89.3 Å². The van der Waals surface area contributed by atoms with Crippen molar-refractivity contribution in [3.8, 4) is 0 Å². The van der Waals surface area contributed by atoms with E-state index in [9.17, 15) is 0 Å². The van der Waals surface area contributed by atoms with Crippen molar-refractivity contribution in [2.75, 3.05) is 26.7 Å². The summed E-state index contributed by atoms with van der Waals surface area (Å²) in [5, 5.41) is 0. The molecule has 0 aromatic carbocycles. The number of likely N-dealkylation sites (N-methyl/N-ethyl adjacent to an activating group) is 1. The van der Waals surface area contributed by atoms with Gasteiger partial charge in [-0.1, -0.05) is 13.8 Å². The fourth-order valence-electron chi connectivity index (χ4n) is 2.44. The molecular formula is C12H26N2. The van der Waals surface area contributed by atoms with Gasteiger partial charge in [-0.15, -0.1) is 0 Å². The molecule has 0 radical (unpaired) electrons. The molecule has 0 saturated carbocycles. The van der Waals surface area contributed by atoms with Gasteiger partial charge in [-0.2, -0.15) is 0 Å². The molecule has 0 aromatic rings. The predicted octanol–water partition coefficient (Wildman–Crippen LogP) is 2.06. The molecule has 1 heterocycles. The lowest BCUT2D eigenvalue weighted by Crippen LogP contribution is -2.46. The summed E-state index contributed by atoms with van der Waals surface area (Å²) >= 11 is 0. The molecule has 1 aliphatic heterocycles. The first-order valence-electron chi connectivity index (χ1n) is 5.96. The Kier molecular flexibility index (Phi) is 4.39. The summed E-state index contributed by atoms with van der Waals surface area (Å²) in [5.41, 5.74) is 0. The highest BCUT2D eigenvalue weighted by atomic mass is 15.2. The van der Waals surface area contributed by atoms with E-state index in [-0.39, 0.29) is 0 Å². The zero-order valence-electron chi connectivity index (χ0n) is 10.5. The van der Waals surface area contributed by atoms with Gasteiger partial charge in [0.2, 0.25) is 0 Å². The Morgan fingerprint density at radius 2 is 1.71 bits per heavy atom. The van der Waals surface area contributed by atoms with Crippen LogP contribution in [0, 0.1) is 5.92 Å². The average molecular weight is 198 g/mol. The maximum Gasteiger partial charge on any atom is 0.0248 e. The van der Waals surface area contributed by atoms with E-state index in [2.05, 4.69) is 44.5 Å². The van der Waals surface area contributed by atoms with Gasteiger partial charge in [0.05, 0.1) is 0 Å². The maximum absolute atomic E-state index is 2.67. The largest absolute Gasteiger partial charge is 0.305 e. The number of nitrogens with zero attached hydrogens (tertiary/aromatic N) is 2. The van der Waals surface area contributed by atoms with Crippen molar-refractivity contribution >= 4 is 0 Å². The molecule has 1 saturated heterocycles. The van der Waals surface area contributed by atoms with Crippen molar-refractivity contribution in [3.63, 3.8) is 0 Å². The van der Waals surface area contributed by atoms with Gasteiger partial charge in [-0.3, -0.25) is 4.90 Å². The zero-order valence-corrected chi connectivity index (χ0v) is 10.5. The topological polar surface area (TPSA) is 6.48 Å². The normalized spacial score (nSPS) is 27.2. The van der Waals surface area contributed by atoms with Gasteiger partial charge >= 0.3 is 0 Å². The van der Waals surface area contributed by atoms with Crippen molar-refractivity contribution in [3.05, 3.63) is 0 Å². The van der Waals surface area contributed by atoms with Gasteiger partial charge in [0.15, 0.2) is 0 Å². The Hall–Kier alpha value is -0.0800. The molecule has 1 rings (SSSR count). The quantitative estimate of drug-likeness (QED) is 0.670. The lowest BCUT2D eigenvalue weighted by molar-refractivity contribution is 0.115. The van der Waals surface area contributed by atoms with E-state index in [4.69, 9.17) is 0 Å². The summed E-state index contributed by atoms with van der Waals surface area (Å²) in [6.07, 6.45) is 1.32. The number of hydrogen-bond acceptors (Lipinski definition) is 2. The summed E-state index contributed by atoms with van der Waals surface area (Å²) < 4.78 is 0. The molecule has 84 valence electrons. The van der Waals surface area contributed by atoms with Gasteiger partial charge < -0.3 is 4.90 Å². The van der Waals surface area contributed by atoms with E-state index in [1.54, 1.807) is 0 Å². The Balaban J connectivity index is 2.69. The molecule has 0 aromatic heterocycles.